The number of carbonyl (C=O) groups excluding carboxylic acids is 1. The van der Waals surface area contributed by atoms with Crippen LogP contribution in [0.5, 0.6) is 0 Å². The molecule has 0 spiro atoms. The van der Waals surface area contributed by atoms with Crippen LogP contribution in [0.25, 0.3) is 0 Å². The molecule has 0 unspecified atom stereocenters. The lowest BCUT2D eigenvalue weighted by Gasteiger charge is -2.10. The molecule has 6 nitrogen and oxygen atoms in total. The minimum absolute atomic E-state index is 0.0610. The second kappa shape index (κ2) is 5.13. The van der Waals surface area contributed by atoms with Crippen LogP contribution in [0.4, 0.5) is 5.69 Å². The Bertz CT molecular complexity index is 417. The van der Waals surface area contributed by atoms with Gasteiger partial charge in [0.1, 0.15) is 0 Å². The van der Waals surface area contributed by atoms with Gasteiger partial charge in [-0.1, -0.05) is 6.07 Å². The highest BCUT2D eigenvalue weighted by molar-refractivity contribution is 6.08. The summed E-state index contributed by atoms with van der Waals surface area (Å²) in [6.07, 6.45) is 0. The van der Waals surface area contributed by atoms with Crippen LogP contribution in [-0.2, 0) is 0 Å². The van der Waals surface area contributed by atoms with Gasteiger partial charge in [0.05, 0.1) is 16.8 Å². The maximum atomic E-state index is 11.6. The summed E-state index contributed by atoms with van der Waals surface area (Å²) in [6.45, 7) is 2.09. The normalized spacial score (nSPS) is 9.62. The van der Waals surface area contributed by atoms with Crippen LogP contribution in [0, 0.1) is 0 Å². The number of hydrogen-bond donors (Lipinski definition) is 4. The summed E-state index contributed by atoms with van der Waals surface area (Å²) in [5, 5.41) is 20.2. The van der Waals surface area contributed by atoms with Crippen LogP contribution in [-0.4, -0.2) is 28.7 Å². The Morgan fingerprint density at radius 2 is 2.06 bits per heavy atom. The molecule has 0 radical (unpaired) electrons. The number of rotatable bonds is 4. The molecule has 0 fully saturated rings. The van der Waals surface area contributed by atoms with Crippen molar-refractivity contribution in [3.63, 3.8) is 0 Å². The standard InChI is InChI=1S/C10H12N2O4/c1-2-11-9(13)8-6(10(14)15)4-3-5-7(8)12-16/h3-5,12,16H,2H2,1H3,(H,11,13)(H,14,15). The first-order chi connectivity index (χ1) is 7.61. The summed E-state index contributed by atoms with van der Waals surface area (Å²) in [5.41, 5.74) is 1.62. The molecule has 0 atom stereocenters. The van der Waals surface area contributed by atoms with Crippen molar-refractivity contribution in [1.29, 1.82) is 0 Å². The van der Waals surface area contributed by atoms with Gasteiger partial charge in [0, 0.05) is 6.54 Å². The van der Waals surface area contributed by atoms with E-state index in [4.69, 9.17) is 10.3 Å². The smallest absolute Gasteiger partial charge is 0.336 e. The van der Waals surface area contributed by atoms with Gasteiger partial charge in [0.15, 0.2) is 0 Å². The first-order valence-corrected chi connectivity index (χ1v) is 4.66. The van der Waals surface area contributed by atoms with Gasteiger partial charge in [0.25, 0.3) is 5.91 Å². The van der Waals surface area contributed by atoms with Gasteiger partial charge in [0.2, 0.25) is 0 Å². The van der Waals surface area contributed by atoms with Crippen molar-refractivity contribution >= 4 is 17.6 Å². The minimum Gasteiger partial charge on any atom is -0.478 e. The van der Waals surface area contributed by atoms with E-state index in [2.05, 4.69) is 5.32 Å². The number of carboxylic acid groups (broad SMARTS) is 1. The molecule has 0 aliphatic carbocycles. The zero-order chi connectivity index (χ0) is 12.1. The highest BCUT2D eigenvalue weighted by Gasteiger charge is 2.19. The van der Waals surface area contributed by atoms with Crippen molar-refractivity contribution < 1.29 is 19.9 Å². The predicted octanol–water partition coefficient (Wildman–Crippen LogP) is 0.936. The number of nitrogens with one attached hydrogen (secondary N) is 2. The SMILES string of the molecule is CCNC(=O)c1c(NO)cccc1C(=O)O. The molecule has 4 N–H and O–H groups in total. The van der Waals surface area contributed by atoms with Crippen molar-refractivity contribution in [3.8, 4) is 0 Å². The van der Waals surface area contributed by atoms with Gasteiger partial charge < -0.3 is 10.4 Å². The number of carboxylic acids is 1. The second-order valence-electron chi connectivity index (χ2n) is 3.00. The molecule has 86 valence electrons. The van der Waals surface area contributed by atoms with Crippen LogP contribution in [0.15, 0.2) is 18.2 Å². The predicted molar refractivity (Wildman–Crippen MR) is 56.8 cm³/mol. The first-order valence-electron chi connectivity index (χ1n) is 4.66. The third kappa shape index (κ3) is 2.29. The molecule has 1 aromatic carbocycles. The van der Waals surface area contributed by atoms with E-state index in [1.807, 2.05) is 0 Å². The van der Waals surface area contributed by atoms with E-state index in [1.165, 1.54) is 18.2 Å². The third-order valence-electron chi connectivity index (χ3n) is 1.98. The molecule has 6 heteroatoms. The third-order valence-corrected chi connectivity index (χ3v) is 1.98. The molecule has 1 rings (SSSR count). The number of anilines is 1. The molecular weight excluding hydrogens is 212 g/mol. The first kappa shape index (κ1) is 12.0. The van der Waals surface area contributed by atoms with E-state index < -0.39 is 11.9 Å². The fraction of sp³-hybridized carbons (Fsp3) is 0.200. The van der Waals surface area contributed by atoms with Crippen molar-refractivity contribution in [3.05, 3.63) is 29.3 Å². The second-order valence-corrected chi connectivity index (χ2v) is 3.00. The summed E-state index contributed by atoms with van der Waals surface area (Å²) in [4.78, 5) is 22.5. The Hall–Kier alpha value is -2.08. The van der Waals surface area contributed by atoms with Crippen LogP contribution in [0.1, 0.15) is 27.6 Å². The van der Waals surface area contributed by atoms with E-state index in [1.54, 1.807) is 12.4 Å². The number of benzene rings is 1. The molecule has 16 heavy (non-hydrogen) atoms. The van der Waals surface area contributed by atoms with E-state index in [0.717, 1.165) is 0 Å². The lowest BCUT2D eigenvalue weighted by atomic mass is 10.0. The van der Waals surface area contributed by atoms with Crippen LogP contribution >= 0.6 is 0 Å². The Morgan fingerprint density at radius 3 is 2.56 bits per heavy atom. The Kier molecular flexibility index (Phi) is 3.84. The monoisotopic (exact) mass is 224 g/mol. The molecule has 0 aliphatic heterocycles. The number of amides is 1. The summed E-state index contributed by atoms with van der Waals surface area (Å²) in [5.74, 6) is -1.77. The fourth-order valence-electron chi connectivity index (χ4n) is 1.32. The Balaban J connectivity index is 3.30. The molecule has 0 heterocycles. The maximum Gasteiger partial charge on any atom is 0.336 e. The van der Waals surface area contributed by atoms with E-state index in [-0.39, 0.29) is 16.8 Å². The lowest BCUT2D eigenvalue weighted by Crippen LogP contribution is -2.26. The summed E-state index contributed by atoms with van der Waals surface area (Å²) < 4.78 is 0. The molecular formula is C10H12N2O4. The van der Waals surface area contributed by atoms with Crippen molar-refractivity contribution in [2.75, 3.05) is 12.0 Å². The average molecular weight is 224 g/mol. The fourth-order valence-corrected chi connectivity index (χ4v) is 1.32. The van der Waals surface area contributed by atoms with Crippen LogP contribution in [0.3, 0.4) is 0 Å². The summed E-state index contributed by atoms with van der Waals surface area (Å²) in [7, 11) is 0. The van der Waals surface area contributed by atoms with Crippen molar-refractivity contribution in [1.82, 2.24) is 5.32 Å². The number of aromatic carboxylic acids is 1. The van der Waals surface area contributed by atoms with Gasteiger partial charge in [-0.3, -0.25) is 15.5 Å². The van der Waals surface area contributed by atoms with E-state index >= 15 is 0 Å². The summed E-state index contributed by atoms with van der Waals surface area (Å²) >= 11 is 0. The zero-order valence-electron chi connectivity index (χ0n) is 8.65. The minimum atomic E-state index is -1.22. The van der Waals surface area contributed by atoms with Crippen LogP contribution < -0.4 is 10.8 Å². The van der Waals surface area contributed by atoms with E-state index in [0.29, 0.717) is 6.54 Å². The van der Waals surface area contributed by atoms with E-state index in [9.17, 15) is 9.59 Å². The van der Waals surface area contributed by atoms with Gasteiger partial charge in [-0.2, -0.15) is 0 Å². The van der Waals surface area contributed by atoms with Crippen molar-refractivity contribution in [2.24, 2.45) is 0 Å². The van der Waals surface area contributed by atoms with Gasteiger partial charge in [-0.25, -0.2) is 4.79 Å². The Labute approximate surface area is 91.9 Å². The van der Waals surface area contributed by atoms with Gasteiger partial charge in [-0.05, 0) is 19.1 Å². The molecule has 0 saturated carbocycles. The Morgan fingerprint density at radius 1 is 1.38 bits per heavy atom. The molecule has 0 aliphatic rings. The van der Waals surface area contributed by atoms with Gasteiger partial charge in [-0.15, -0.1) is 0 Å². The average Bonchev–Trinajstić information content (AvgIpc) is 2.28. The zero-order valence-corrected chi connectivity index (χ0v) is 8.65. The maximum absolute atomic E-state index is 11.6. The van der Waals surface area contributed by atoms with Crippen LogP contribution in [0.2, 0.25) is 0 Å². The number of carbonyl (C=O) groups is 2. The van der Waals surface area contributed by atoms with Crippen molar-refractivity contribution in [2.45, 2.75) is 6.92 Å². The molecule has 1 aromatic rings. The molecule has 0 aromatic heterocycles. The molecule has 0 bridgehead atoms. The quantitative estimate of drug-likeness (QED) is 0.570. The topological polar surface area (TPSA) is 98.7 Å². The largest absolute Gasteiger partial charge is 0.478 e. The highest BCUT2D eigenvalue weighted by Crippen LogP contribution is 2.19. The number of hydrogen-bond acceptors (Lipinski definition) is 4. The highest BCUT2D eigenvalue weighted by atomic mass is 16.5. The molecule has 1 amide bonds. The molecule has 0 saturated heterocycles. The van der Waals surface area contributed by atoms with Gasteiger partial charge >= 0.3 is 5.97 Å². The lowest BCUT2D eigenvalue weighted by molar-refractivity contribution is 0.0691. The summed E-state index contributed by atoms with van der Waals surface area (Å²) in [6, 6.07) is 4.15.